The summed E-state index contributed by atoms with van der Waals surface area (Å²) in [5, 5.41) is 9.07. The average molecular weight is 381 g/mol. The third kappa shape index (κ3) is 3.97. The summed E-state index contributed by atoms with van der Waals surface area (Å²) >= 11 is 0. The summed E-state index contributed by atoms with van der Waals surface area (Å²) in [5.74, 6) is -0.370. The summed E-state index contributed by atoms with van der Waals surface area (Å²) in [6.07, 6.45) is 11.0. The molecule has 28 heavy (non-hydrogen) atoms. The number of carboxylic acid groups (broad SMARTS) is 1. The third-order valence-corrected chi connectivity index (χ3v) is 7.20. The molecule has 0 heterocycles. The lowest BCUT2D eigenvalue weighted by Gasteiger charge is -2.42. The van der Waals surface area contributed by atoms with Crippen molar-refractivity contribution < 1.29 is 9.90 Å². The fourth-order valence-corrected chi connectivity index (χ4v) is 4.84. The Morgan fingerprint density at radius 2 is 1.75 bits per heavy atom. The van der Waals surface area contributed by atoms with Gasteiger partial charge in [-0.25, -0.2) is 4.79 Å². The molecule has 2 nitrogen and oxygen atoms in total. The van der Waals surface area contributed by atoms with Gasteiger partial charge in [-0.05, 0) is 70.1 Å². The second kappa shape index (κ2) is 7.21. The first-order valence-electron chi connectivity index (χ1n) is 10.8. The number of fused-ring (bicyclic) bond motifs is 1. The van der Waals surface area contributed by atoms with Crippen LogP contribution in [0.4, 0.5) is 0 Å². The molecule has 1 aromatic carbocycles. The van der Waals surface area contributed by atoms with Crippen molar-refractivity contribution in [3.63, 3.8) is 0 Å². The van der Waals surface area contributed by atoms with Crippen molar-refractivity contribution in [1.29, 1.82) is 0 Å². The minimum Gasteiger partial charge on any atom is -0.478 e. The lowest BCUT2D eigenvalue weighted by Crippen LogP contribution is -2.34. The molecule has 0 aliphatic heterocycles. The van der Waals surface area contributed by atoms with Gasteiger partial charge >= 0.3 is 5.97 Å². The summed E-state index contributed by atoms with van der Waals surface area (Å²) in [6, 6.07) is 7.20. The minimum absolute atomic E-state index is 0.170. The molecule has 1 N–H and O–H groups in total. The Kier molecular flexibility index (Phi) is 5.38. The summed E-state index contributed by atoms with van der Waals surface area (Å²) in [4.78, 5) is 11.0. The van der Waals surface area contributed by atoms with Crippen molar-refractivity contribution in [3.05, 3.63) is 58.7 Å². The van der Waals surface area contributed by atoms with Crippen LogP contribution in [0.3, 0.4) is 0 Å². The van der Waals surface area contributed by atoms with E-state index in [0.29, 0.717) is 5.92 Å². The van der Waals surface area contributed by atoms with Gasteiger partial charge in [-0.2, -0.15) is 0 Å². The monoisotopic (exact) mass is 380 g/mol. The van der Waals surface area contributed by atoms with E-state index in [0.717, 1.165) is 24.8 Å². The Labute approximate surface area is 170 Å². The van der Waals surface area contributed by atoms with Gasteiger partial charge in [-0.1, -0.05) is 78.3 Å². The van der Waals surface area contributed by atoms with Crippen molar-refractivity contribution >= 4 is 5.97 Å². The summed E-state index contributed by atoms with van der Waals surface area (Å²) < 4.78 is 0. The molecular weight excluding hydrogens is 344 g/mol. The van der Waals surface area contributed by atoms with Gasteiger partial charge in [0.05, 0.1) is 0 Å². The van der Waals surface area contributed by atoms with Gasteiger partial charge < -0.3 is 5.11 Å². The van der Waals surface area contributed by atoms with Crippen molar-refractivity contribution in [2.24, 2.45) is 5.92 Å². The van der Waals surface area contributed by atoms with Gasteiger partial charge in [0.25, 0.3) is 0 Å². The van der Waals surface area contributed by atoms with Gasteiger partial charge in [0.15, 0.2) is 0 Å². The maximum atomic E-state index is 11.0. The number of benzene rings is 1. The molecule has 1 aromatic rings. The van der Waals surface area contributed by atoms with Gasteiger partial charge in [-0.15, -0.1) is 0 Å². The van der Waals surface area contributed by atoms with Crippen molar-refractivity contribution in [2.45, 2.75) is 89.9 Å². The van der Waals surface area contributed by atoms with Crippen molar-refractivity contribution in [2.75, 3.05) is 0 Å². The molecule has 2 atom stereocenters. The predicted molar refractivity (Wildman–Crippen MR) is 117 cm³/mol. The molecule has 152 valence electrons. The highest BCUT2D eigenvalue weighted by Crippen LogP contribution is 2.56. The van der Waals surface area contributed by atoms with Crippen LogP contribution in [0.15, 0.2) is 42.0 Å². The second-order valence-corrected chi connectivity index (χ2v) is 10.4. The molecule has 2 aliphatic carbocycles. The van der Waals surface area contributed by atoms with Crippen LogP contribution in [0, 0.1) is 5.92 Å². The zero-order chi connectivity index (χ0) is 20.7. The van der Waals surface area contributed by atoms with Crippen LogP contribution >= 0.6 is 0 Å². The minimum atomic E-state index is -0.855. The highest BCUT2D eigenvalue weighted by Gasteiger charge is 2.50. The maximum Gasteiger partial charge on any atom is 0.328 e. The summed E-state index contributed by atoms with van der Waals surface area (Å²) in [7, 11) is 0. The number of allylic oxidation sites excluding steroid dienone is 3. The van der Waals surface area contributed by atoms with E-state index < -0.39 is 5.97 Å². The van der Waals surface area contributed by atoms with Crippen LogP contribution < -0.4 is 0 Å². The third-order valence-electron chi connectivity index (χ3n) is 7.20. The molecule has 2 heteroatoms. The normalized spacial score (nSPS) is 28.2. The Balaban J connectivity index is 1.86. The largest absolute Gasteiger partial charge is 0.478 e. The highest BCUT2D eigenvalue weighted by atomic mass is 16.4. The standard InChI is InChI=1S/C26H36O2/c1-7-8-18(15-23(27)28)9-10-20-17-26(20,6)19-11-12-21-22(16-19)25(4,5)14-13-24(21,2)3/h9-12,15-16,20H,7-8,13-14,17H2,1-6H3,(H,27,28)/b10-9+,18-15+. The van der Waals surface area contributed by atoms with Crippen LogP contribution in [0.2, 0.25) is 0 Å². The van der Waals surface area contributed by atoms with E-state index >= 15 is 0 Å². The molecule has 0 spiro atoms. The summed E-state index contributed by atoms with van der Waals surface area (Å²) in [6.45, 7) is 13.9. The number of hydrogen-bond acceptors (Lipinski definition) is 1. The Morgan fingerprint density at radius 3 is 2.36 bits per heavy atom. The lowest BCUT2D eigenvalue weighted by molar-refractivity contribution is -0.131. The van der Waals surface area contributed by atoms with Crippen molar-refractivity contribution in [1.82, 2.24) is 0 Å². The number of rotatable bonds is 6. The number of carbonyl (C=O) groups is 1. The molecule has 1 saturated carbocycles. The SMILES string of the molecule is CCCC(/C=C/C1CC1(C)c1ccc2c(c1)C(C)(C)CCC2(C)C)=C\C(=O)O. The zero-order valence-electron chi connectivity index (χ0n) is 18.4. The van der Waals surface area contributed by atoms with E-state index in [1.165, 1.54) is 35.6 Å². The fourth-order valence-electron chi connectivity index (χ4n) is 4.84. The van der Waals surface area contributed by atoms with E-state index in [1.807, 2.05) is 6.08 Å². The first-order chi connectivity index (χ1) is 13.0. The Morgan fingerprint density at radius 1 is 1.11 bits per heavy atom. The fraction of sp³-hybridized carbons (Fsp3) is 0.577. The van der Waals surface area contributed by atoms with Crippen LogP contribution in [0.5, 0.6) is 0 Å². The van der Waals surface area contributed by atoms with Crippen molar-refractivity contribution in [3.8, 4) is 0 Å². The molecule has 0 radical (unpaired) electrons. The highest BCUT2D eigenvalue weighted by molar-refractivity contribution is 5.81. The number of aliphatic carboxylic acids is 1. The van der Waals surface area contributed by atoms with Crippen LogP contribution in [0.1, 0.15) is 90.3 Å². The predicted octanol–water partition coefficient (Wildman–Crippen LogP) is 6.68. The second-order valence-electron chi connectivity index (χ2n) is 10.4. The lowest BCUT2D eigenvalue weighted by atomic mass is 9.62. The first kappa shape index (κ1) is 20.9. The number of hydrogen-bond donors (Lipinski definition) is 1. The van der Waals surface area contributed by atoms with Crippen LogP contribution in [0.25, 0.3) is 0 Å². The molecule has 0 saturated heterocycles. The number of carboxylic acids is 1. The van der Waals surface area contributed by atoms with E-state index in [9.17, 15) is 4.79 Å². The van der Waals surface area contributed by atoms with Crippen LogP contribution in [-0.2, 0) is 21.0 Å². The molecule has 2 aliphatic rings. The van der Waals surface area contributed by atoms with Gasteiger partial charge in [-0.3, -0.25) is 0 Å². The molecule has 1 fully saturated rings. The molecular formula is C26H36O2. The molecule has 0 aromatic heterocycles. The zero-order valence-corrected chi connectivity index (χ0v) is 18.4. The van der Waals surface area contributed by atoms with E-state index in [1.54, 1.807) is 0 Å². The smallest absolute Gasteiger partial charge is 0.328 e. The molecule has 3 rings (SSSR count). The van der Waals surface area contributed by atoms with E-state index in [2.05, 4.69) is 65.8 Å². The molecule has 2 unspecified atom stereocenters. The molecule has 0 amide bonds. The average Bonchev–Trinajstić information content (AvgIpc) is 3.28. The maximum absolute atomic E-state index is 11.0. The Hall–Kier alpha value is -1.83. The van der Waals surface area contributed by atoms with Crippen LogP contribution in [-0.4, -0.2) is 11.1 Å². The first-order valence-corrected chi connectivity index (χ1v) is 10.8. The van der Waals surface area contributed by atoms with Gasteiger partial charge in [0, 0.05) is 6.08 Å². The van der Waals surface area contributed by atoms with E-state index in [-0.39, 0.29) is 16.2 Å². The quantitative estimate of drug-likeness (QED) is 0.441. The van der Waals surface area contributed by atoms with Gasteiger partial charge in [0.2, 0.25) is 0 Å². The van der Waals surface area contributed by atoms with E-state index in [4.69, 9.17) is 5.11 Å². The Bertz CT molecular complexity index is 825. The van der Waals surface area contributed by atoms with Gasteiger partial charge in [0.1, 0.15) is 0 Å². The molecule has 0 bridgehead atoms. The summed E-state index contributed by atoms with van der Waals surface area (Å²) in [5.41, 5.74) is 6.04. The topological polar surface area (TPSA) is 37.3 Å².